The molecular formula is C14H24N4O2. The highest BCUT2D eigenvalue weighted by molar-refractivity contribution is 5.91. The molecule has 0 unspecified atom stereocenters. The van der Waals surface area contributed by atoms with Crippen LogP contribution in [0.4, 0.5) is 0 Å². The molecule has 6 nitrogen and oxygen atoms in total. The van der Waals surface area contributed by atoms with E-state index in [1.54, 1.807) is 0 Å². The standard InChI is InChI=1S/C14H24N4O2/c1-4-5-11-18-13(19)8-7-12(16-18)14(20)15-9-6-10-17(2)3/h7-8H,4-6,9-11H2,1-3H3,(H,15,20). The number of unbranched alkanes of at least 4 members (excludes halogenated alkanes) is 1. The van der Waals surface area contributed by atoms with E-state index >= 15 is 0 Å². The molecule has 1 rings (SSSR count). The Morgan fingerprint density at radius 2 is 2.10 bits per heavy atom. The van der Waals surface area contributed by atoms with Crippen LogP contribution in [-0.4, -0.2) is 47.8 Å². The molecule has 1 amide bonds. The van der Waals surface area contributed by atoms with Crippen LogP contribution in [0.15, 0.2) is 16.9 Å². The lowest BCUT2D eigenvalue weighted by Gasteiger charge is -2.10. The molecule has 0 aliphatic heterocycles. The molecule has 1 N–H and O–H groups in total. The highest BCUT2D eigenvalue weighted by atomic mass is 16.2. The number of hydrogen-bond donors (Lipinski definition) is 1. The highest BCUT2D eigenvalue weighted by Crippen LogP contribution is 1.94. The molecule has 112 valence electrons. The number of aryl methyl sites for hydroxylation is 1. The molecule has 0 saturated heterocycles. The van der Waals surface area contributed by atoms with Gasteiger partial charge in [0.05, 0.1) is 0 Å². The average molecular weight is 280 g/mol. The second-order valence-electron chi connectivity index (χ2n) is 5.05. The summed E-state index contributed by atoms with van der Waals surface area (Å²) in [5.74, 6) is -0.228. The van der Waals surface area contributed by atoms with Gasteiger partial charge in [-0.25, -0.2) is 4.68 Å². The van der Waals surface area contributed by atoms with E-state index in [0.717, 1.165) is 25.8 Å². The number of nitrogens with one attached hydrogen (secondary N) is 1. The van der Waals surface area contributed by atoms with Crippen LogP contribution >= 0.6 is 0 Å². The Labute approximate surface area is 119 Å². The maximum Gasteiger partial charge on any atom is 0.271 e. The number of rotatable bonds is 8. The first kappa shape index (κ1) is 16.4. The molecule has 6 heteroatoms. The van der Waals surface area contributed by atoms with Gasteiger partial charge in [0.2, 0.25) is 0 Å². The predicted molar refractivity (Wildman–Crippen MR) is 78.9 cm³/mol. The SMILES string of the molecule is CCCCn1nc(C(=O)NCCCN(C)C)ccc1=O. The van der Waals surface area contributed by atoms with Crippen molar-refractivity contribution in [2.75, 3.05) is 27.2 Å². The molecule has 0 aliphatic rings. The van der Waals surface area contributed by atoms with Crippen LogP contribution in [0.1, 0.15) is 36.7 Å². The van der Waals surface area contributed by atoms with Crippen LogP contribution < -0.4 is 10.9 Å². The van der Waals surface area contributed by atoms with Gasteiger partial charge in [0.25, 0.3) is 11.5 Å². The number of nitrogens with zero attached hydrogens (tertiary/aromatic N) is 3. The molecule has 0 aliphatic carbocycles. The molecule has 0 atom stereocenters. The van der Waals surface area contributed by atoms with Crippen molar-refractivity contribution >= 4 is 5.91 Å². The van der Waals surface area contributed by atoms with Gasteiger partial charge in [-0.3, -0.25) is 9.59 Å². The lowest BCUT2D eigenvalue weighted by Crippen LogP contribution is -2.31. The second kappa shape index (κ2) is 8.47. The van der Waals surface area contributed by atoms with Crippen LogP contribution in [0.5, 0.6) is 0 Å². The Morgan fingerprint density at radius 1 is 1.35 bits per heavy atom. The van der Waals surface area contributed by atoms with Gasteiger partial charge in [0.15, 0.2) is 0 Å². The fourth-order valence-electron chi connectivity index (χ4n) is 1.73. The topological polar surface area (TPSA) is 67.2 Å². The molecule has 0 bridgehead atoms. The summed E-state index contributed by atoms with van der Waals surface area (Å²) < 4.78 is 1.36. The van der Waals surface area contributed by atoms with Crippen LogP contribution in [0.25, 0.3) is 0 Å². The molecule has 0 fully saturated rings. The quantitative estimate of drug-likeness (QED) is 0.713. The molecular weight excluding hydrogens is 256 g/mol. The fraction of sp³-hybridized carbons (Fsp3) is 0.643. The average Bonchev–Trinajstić information content (AvgIpc) is 2.42. The van der Waals surface area contributed by atoms with Gasteiger partial charge in [-0.1, -0.05) is 13.3 Å². The second-order valence-corrected chi connectivity index (χ2v) is 5.05. The van der Waals surface area contributed by atoms with Gasteiger partial charge in [-0.2, -0.15) is 5.10 Å². The van der Waals surface area contributed by atoms with Crippen molar-refractivity contribution in [3.8, 4) is 0 Å². The number of hydrogen-bond acceptors (Lipinski definition) is 4. The summed E-state index contributed by atoms with van der Waals surface area (Å²) in [4.78, 5) is 25.6. The van der Waals surface area contributed by atoms with E-state index in [1.807, 2.05) is 21.0 Å². The van der Waals surface area contributed by atoms with Gasteiger partial charge in [0, 0.05) is 19.2 Å². The molecule has 0 aromatic carbocycles. The minimum absolute atomic E-state index is 0.164. The molecule has 0 saturated carbocycles. The van der Waals surface area contributed by atoms with Gasteiger partial charge >= 0.3 is 0 Å². The van der Waals surface area contributed by atoms with Crippen LogP contribution in [0.3, 0.4) is 0 Å². The lowest BCUT2D eigenvalue weighted by molar-refractivity contribution is 0.0944. The maximum atomic E-state index is 11.9. The van der Waals surface area contributed by atoms with E-state index in [1.165, 1.54) is 16.8 Å². The predicted octanol–water partition coefficient (Wildman–Crippen LogP) is 0.725. The minimum atomic E-state index is -0.228. The summed E-state index contributed by atoms with van der Waals surface area (Å²) in [6.07, 6.45) is 2.74. The van der Waals surface area contributed by atoms with Crippen LogP contribution in [0, 0.1) is 0 Å². The van der Waals surface area contributed by atoms with Gasteiger partial charge < -0.3 is 10.2 Å². The molecule has 1 heterocycles. The zero-order chi connectivity index (χ0) is 15.0. The number of carbonyl (C=O) groups excluding carboxylic acids is 1. The fourth-order valence-corrected chi connectivity index (χ4v) is 1.73. The van der Waals surface area contributed by atoms with Crippen molar-refractivity contribution in [2.24, 2.45) is 0 Å². The Balaban J connectivity index is 2.57. The van der Waals surface area contributed by atoms with Crippen LogP contribution in [-0.2, 0) is 6.54 Å². The minimum Gasteiger partial charge on any atom is -0.351 e. The zero-order valence-corrected chi connectivity index (χ0v) is 12.6. The first-order valence-corrected chi connectivity index (χ1v) is 7.05. The summed E-state index contributed by atoms with van der Waals surface area (Å²) in [6, 6.07) is 2.88. The maximum absolute atomic E-state index is 11.9. The first-order chi connectivity index (χ1) is 9.54. The molecule has 1 aromatic heterocycles. The number of aromatic nitrogens is 2. The molecule has 1 aromatic rings. The van der Waals surface area contributed by atoms with Gasteiger partial charge in [-0.05, 0) is 39.5 Å². The monoisotopic (exact) mass is 280 g/mol. The van der Waals surface area contributed by atoms with Gasteiger partial charge in [-0.15, -0.1) is 0 Å². The molecule has 0 spiro atoms. The first-order valence-electron chi connectivity index (χ1n) is 7.05. The van der Waals surface area contributed by atoms with E-state index in [4.69, 9.17) is 0 Å². The molecule has 0 radical (unpaired) electrons. The highest BCUT2D eigenvalue weighted by Gasteiger charge is 2.08. The van der Waals surface area contributed by atoms with Crippen molar-refractivity contribution in [1.29, 1.82) is 0 Å². The third-order valence-electron chi connectivity index (χ3n) is 2.89. The van der Waals surface area contributed by atoms with Crippen LogP contribution in [0.2, 0.25) is 0 Å². The number of carbonyl (C=O) groups is 1. The number of amides is 1. The summed E-state index contributed by atoms with van der Waals surface area (Å²) in [5.41, 5.74) is 0.133. The third kappa shape index (κ3) is 5.52. The van der Waals surface area contributed by atoms with E-state index in [0.29, 0.717) is 18.8 Å². The Morgan fingerprint density at radius 3 is 2.75 bits per heavy atom. The summed E-state index contributed by atoms with van der Waals surface area (Å²) in [7, 11) is 3.99. The van der Waals surface area contributed by atoms with E-state index < -0.39 is 0 Å². The smallest absolute Gasteiger partial charge is 0.271 e. The van der Waals surface area contributed by atoms with E-state index in [2.05, 4.69) is 15.3 Å². The molecule has 20 heavy (non-hydrogen) atoms. The van der Waals surface area contributed by atoms with E-state index in [9.17, 15) is 9.59 Å². The van der Waals surface area contributed by atoms with Crippen molar-refractivity contribution in [1.82, 2.24) is 20.0 Å². The third-order valence-corrected chi connectivity index (χ3v) is 2.89. The Bertz CT molecular complexity index is 482. The lowest BCUT2D eigenvalue weighted by atomic mass is 10.3. The normalized spacial score (nSPS) is 10.8. The van der Waals surface area contributed by atoms with E-state index in [-0.39, 0.29) is 11.5 Å². The van der Waals surface area contributed by atoms with Gasteiger partial charge in [0.1, 0.15) is 5.69 Å². The Kier molecular flexibility index (Phi) is 6.93. The largest absolute Gasteiger partial charge is 0.351 e. The Hall–Kier alpha value is -1.69. The van der Waals surface area contributed by atoms with Crippen molar-refractivity contribution < 1.29 is 4.79 Å². The van der Waals surface area contributed by atoms with Crippen molar-refractivity contribution in [2.45, 2.75) is 32.7 Å². The van der Waals surface area contributed by atoms with Crippen molar-refractivity contribution in [3.05, 3.63) is 28.2 Å². The summed E-state index contributed by atoms with van der Waals surface area (Å²) in [5, 5.41) is 6.92. The summed E-state index contributed by atoms with van der Waals surface area (Å²) in [6.45, 7) is 4.12. The summed E-state index contributed by atoms with van der Waals surface area (Å²) >= 11 is 0. The zero-order valence-electron chi connectivity index (χ0n) is 12.6. The van der Waals surface area contributed by atoms with Crippen molar-refractivity contribution in [3.63, 3.8) is 0 Å².